The third-order valence-corrected chi connectivity index (χ3v) is 5.72. The van der Waals surface area contributed by atoms with Crippen LogP contribution in [-0.2, 0) is 4.74 Å². The molecule has 0 saturated carbocycles. The first-order chi connectivity index (χ1) is 14.3. The predicted octanol–water partition coefficient (Wildman–Crippen LogP) is 4.58. The molecule has 0 bridgehead atoms. The minimum atomic E-state index is 0.797. The third kappa shape index (κ3) is 4.01. The molecule has 29 heavy (non-hydrogen) atoms. The van der Waals surface area contributed by atoms with E-state index in [2.05, 4.69) is 69.1 Å². The normalized spacial score (nSPS) is 14.1. The Morgan fingerprint density at radius 1 is 0.931 bits per heavy atom. The molecule has 4 aromatic rings. The van der Waals surface area contributed by atoms with Crippen LogP contribution >= 0.6 is 11.3 Å². The number of benzene rings is 2. The van der Waals surface area contributed by atoms with Crippen LogP contribution in [0.15, 0.2) is 72.6 Å². The van der Waals surface area contributed by atoms with Gasteiger partial charge >= 0.3 is 0 Å². The van der Waals surface area contributed by atoms with Crippen LogP contribution in [0.4, 0.5) is 16.5 Å². The summed E-state index contributed by atoms with van der Waals surface area (Å²) in [6.45, 7) is 3.49. The topological polar surface area (TPSA) is 55.2 Å². The van der Waals surface area contributed by atoms with Crippen molar-refractivity contribution < 1.29 is 4.74 Å². The van der Waals surface area contributed by atoms with Gasteiger partial charge in [0, 0.05) is 53.5 Å². The highest BCUT2D eigenvalue weighted by Crippen LogP contribution is 2.28. The van der Waals surface area contributed by atoms with Crippen molar-refractivity contribution in [3.05, 3.63) is 72.6 Å². The number of anilines is 3. The van der Waals surface area contributed by atoms with Crippen molar-refractivity contribution in [1.29, 1.82) is 0 Å². The molecule has 0 unspecified atom stereocenters. The van der Waals surface area contributed by atoms with Gasteiger partial charge in [-0.3, -0.25) is 0 Å². The molecule has 3 heterocycles. The number of rotatable bonds is 5. The van der Waals surface area contributed by atoms with Crippen LogP contribution < -0.4 is 10.2 Å². The smallest absolute Gasteiger partial charge is 0.187 e. The van der Waals surface area contributed by atoms with Crippen LogP contribution in [0.1, 0.15) is 0 Å². The van der Waals surface area contributed by atoms with Crippen LogP contribution in [0.3, 0.4) is 0 Å². The second kappa shape index (κ2) is 8.06. The van der Waals surface area contributed by atoms with Crippen molar-refractivity contribution in [3.8, 4) is 16.9 Å². The van der Waals surface area contributed by atoms with Gasteiger partial charge in [-0.05, 0) is 36.4 Å². The zero-order chi connectivity index (χ0) is 19.5. The van der Waals surface area contributed by atoms with E-state index < -0.39 is 0 Å². The van der Waals surface area contributed by atoms with Gasteiger partial charge in [0.05, 0.1) is 25.2 Å². The van der Waals surface area contributed by atoms with E-state index in [9.17, 15) is 0 Å². The second-order valence-corrected chi connectivity index (χ2v) is 7.68. The van der Waals surface area contributed by atoms with E-state index in [0.29, 0.717) is 0 Å². The molecule has 0 aliphatic carbocycles. The molecule has 1 aliphatic heterocycles. The lowest BCUT2D eigenvalue weighted by Crippen LogP contribution is -2.36. The number of aromatic nitrogens is 3. The third-order valence-electron chi connectivity index (χ3n) is 4.96. The standard InChI is InChI=1S/C22H21N5OS/c1-5-20(27-10-9-23-16-27)6-2-17(1)21-15-29-22(25-21)24-18-3-7-19(8-4-18)26-11-13-28-14-12-26/h1-10,15-16H,11-14H2,(H,24,25). The van der Waals surface area contributed by atoms with Crippen molar-refractivity contribution in [2.75, 3.05) is 36.5 Å². The summed E-state index contributed by atoms with van der Waals surface area (Å²) < 4.78 is 7.41. The van der Waals surface area contributed by atoms with Gasteiger partial charge in [-0.15, -0.1) is 11.3 Å². The van der Waals surface area contributed by atoms with Crippen LogP contribution in [0.2, 0.25) is 0 Å². The molecule has 1 saturated heterocycles. The van der Waals surface area contributed by atoms with Gasteiger partial charge < -0.3 is 19.5 Å². The fraction of sp³-hybridized carbons (Fsp3) is 0.182. The van der Waals surface area contributed by atoms with E-state index in [4.69, 9.17) is 9.72 Å². The number of imidazole rings is 1. The van der Waals surface area contributed by atoms with Crippen LogP contribution in [0.25, 0.3) is 16.9 Å². The maximum Gasteiger partial charge on any atom is 0.187 e. The molecule has 0 atom stereocenters. The average molecular weight is 404 g/mol. The summed E-state index contributed by atoms with van der Waals surface area (Å²) in [6, 6.07) is 16.8. The molecule has 7 heteroatoms. The molecule has 5 rings (SSSR count). The van der Waals surface area contributed by atoms with E-state index in [0.717, 1.165) is 54.1 Å². The lowest BCUT2D eigenvalue weighted by atomic mass is 10.1. The summed E-state index contributed by atoms with van der Waals surface area (Å²) in [4.78, 5) is 11.2. The van der Waals surface area contributed by atoms with E-state index in [-0.39, 0.29) is 0 Å². The van der Waals surface area contributed by atoms with Crippen molar-refractivity contribution in [1.82, 2.24) is 14.5 Å². The number of morpholine rings is 1. The highest BCUT2D eigenvalue weighted by Gasteiger charge is 2.11. The molecule has 1 N–H and O–H groups in total. The number of nitrogens with one attached hydrogen (secondary N) is 1. The Balaban J connectivity index is 1.26. The molecule has 6 nitrogen and oxygen atoms in total. The summed E-state index contributed by atoms with van der Waals surface area (Å²) in [7, 11) is 0. The second-order valence-electron chi connectivity index (χ2n) is 6.83. The lowest BCUT2D eigenvalue weighted by Gasteiger charge is -2.28. The zero-order valence-corrected chi connectivity index (χ0v) is 16.7. The number of hydrogen-bond acceptors (Lipinski definition) is 6. The predicted molar refractivity (Wildman–Crippen MR) is 117 cm³/mol. The van der Waals surface area contributed by atoms with Crippen molar-refractivity contribution in [3.63, 3.8) is 0 Å². The fourth-order valence-corrected chi connectivity index (χ4v) is 4.12. The van der Waals surface area contributed by atoms with Crippen LogP contribution in [0.5, 0.6) is 0 Å². The van der Waals surface area contributed by atoms with Gasteiger partial charge in [0.25, 0.3) is 0 Å². The maximum atomic E-state index is 5.42. The van der Waals surface area contributed by atoms with Gasteiger partial charge in [-0.25, -0.2) is 9.97 Å². The van der Waals surface area contributed by atoms with E-state index in [1.54, 1.807) is 23.9 Å². The first kappa shape index (κ1) is 17.9. The average Bonchev–Trinajstić information content (AvgIpc) is 3.48. The fourth-order valence-electron chi connectivity index (χ4n) is 3.38. The van der Waals surface area contributed by atoms with Crippen molar-refractivity contribution >= 4 is 27.8 Å². The lowest BCUT2D eigenvalue weighted by molar-refractivity contribution is 0.122. The number of thiazole rings is 1. The molecular formula is C22H21N5OS. The number of ether oxygens (including phenoxy) is 1. The largest absolute Gasteiger partial charge is 0.378 e. The Labute approximate surface area is 173 Å². The molecule has 1 fully saturated rings. The van der Waals surface area contributed by atoms with Crippen molar-refractivity contribution in [2.24, 2.45) is 0 Å². The van der Waals surface area contributed by atoms with E-state index in [1.165, 1.54) is 5.69 Å². The molecule has 1 aliphatic rings. The summed E-state index contributed by atoms with van der Waals surface area (Å²) in [5.74, 6) is 0. The Morgan fingerprint density at radius 2 is 1.69 bits per heavy atom. The highest BCUT2D eigenvalue weighted by molar-refractivity contribution is 7.14. The van der Waals surface area contributed by atoms with Gasteiger partial charge in [-0.1, -0.05) is 12.1 Å². The zero-order valence-electron chi connectivity index (χ0n) is 15.9. The van der Waals surface area contributed by atoms with Crippen LogP contribution in [0, 0.1) is 0 Å². The highest BCUT2D eigenvalue weighted by atomic mass is 32.1. The Morgan fingerprint density at radius 3 is 2.41 bits per heavy atom. The monoisotopic (exact) mass is 403 g/mol. The SMILES string of the molecule is c1cn(-c2ccc(-c3csc(Nc4ccc(N5CCOCC5)cc4)n3)cc2)cn1. The molecule has 0 amide bonds. The molecular weight excluding hydrogens is 382 g/mol. The first-order valence-electron chi connectivity index (χ1n) is 9.59. The summed E-state index contributed by atoms with van der Waals surface area (Å²) in [5.41, 5.74) is 5.43. The summed E-state index contributed by atoms with van der Waals surface area (Å²) in [6.07, 6.45) is 5.51. The summed E-state index contributed by atoms with van der Waals surface area (Å²) >= 11 is 1.61. The Kier molecular flexibility index (Phi) is 4.98. The summed E-state index contributed by atoms with van der Waals surface area (Å²) in [5, 5.41) is 6.38. The maximum absolute atomic E-state index is 5.42. The van der Waals surface area contributed by atoms with E-state index in [1.807, 2.05) is 10.8 Å². The van der Waals surface area contributed by atoms with Gasteiger partial charge in [0.15, 0.2) is 5.13 Å². The molecule has 0 spiro atoms. The van der Waals surface area contributed by atoms with Crippen molar-refractivity contribution in [2.45, 2.75) is 0 Å². The number of nitrogens with zero attached hydrogens (tertiary/aromatic N) is 4. The quantitative estimate of drug-likeness (QED) is 0.529. The molecule has 146 valence electrons. The Bertz CT molecular complexity index is 1050. The first-order valence-corrected chi connectivity index (χ1v) is 10.5. The van der Waals surface area contributed by atoms with Gasteiger partial charge in [0.1, 0.15) is 0 Å². The Hall–Kier alpha value is -3.16. The van der Waals surface area contributed by atoms with Crippen LogP contribution in [-0.4, -0.2) is 40.8 Å². The molecule has 2 aromatic heterocycles. The van der Waals surface area contributed by atoms with Gasteiger partial charge in [0.2, 0.25) is 0 Å². The molecule has 0 radical (unpaired) electrons. The molecule has 2 aromatic carbocycles. The minimum absolute atomic E-state index is 0.797. The number of hydrogen-bond donors (Lipinski definition) is 1. The van der Waals surface area contributed by atoms with Gasteiger partial charge in [-0.2, -0.15) is 0 Å². The minimum Gasteiger partial charge on any atom is -0.378 e. The van der Waals surface area contributed by atoms with E-state index >= 15 is 0 Å².